The summed E-state index contributed by atoms with van der Waals surface area (Å²) in [5.41, 5.74) is -0.421. The average Bonchev–Trinajstić information content (AvgIpc) is 2.87. The summed E-state index contributed by atoms with van der Waals surface area (Å²) in [5.74, 6) is 1.62. The number of rotatable bonds is 2. The first-order valence-corrected chi connectivity index (χ1v) is 7.13. The topological polar surface area (TPSA) is 60.4 Å². The van der Waals surface area contributed by atoms with E-state index in [1.165, 1.54) is 6.42 Å². The Morgan fingerprint density at radius 3 is 3.11 bits per heavy atom. The minimum Gasteiger partial charge on any atom is -0.449 e. The molecule has 0 spiro atoms. The summed E-state index contributed by atoms with van der Waals surface area (Å²) >= 11 is 0. The highest BCUT2D eigenvalue weighted by Gasteiger charge is 2.42. The Labute approximate surface area is 113 Å². The van der Waals surface area contributed by atoms with Gasteiger partial charge in [-0.3, -0.25) is 4.90 Å². The number of piperidine rings is 1. The van der Waals surface area contributed by atoms with E-state index in [4.69, 9.17) is 9.68 Å². The molecule has 4 heteroatoms. The van der Waals surface area contributed by atoms with Crippen LogP contribution in [-0.2, 0) is 6.54 Å². The number of fused-ring (bicyclic) bond motifs is 1. The van der Waals surface area contributed by atoms with E-state index in [1.54, 1.807) is 6.07 Å². The maximum absolute atomic E-state index is 10.6. The van der Waals surface area contributed by atoms with E-state index in [0.717, 1.165) is 51.1 Å². The van der Waals surface area contributed by atoms with E-state index in [9.17, 15) is 5.11 Å². The summed E-state index contributed by atoms with van der Waals surface area (Å²) in [6.07, 6.45) is 5.36. The van der Waals surface area contributed by atoms with Crippen molar-refractivity contribution in [2.45, 2.75) is 44.2 Å². The van der Waals surface area contributed by atoms with E-state index in [-0.39, 0.29) is 0 Å². The second kappa shape index (κ2) is 4.99. The van der Waals surface area contributed by atoms with Crippen LogP contribution in [0.25, 0.3) is 0 Å². The number of hydrogen-bond donors (Lipinski definition) is 1. The molecule has 1 saturated heterocycles. The summed E-state index contributed by atoms with van der Waals surface area (Å²) in [6, 6.07) is 5.60. The first kappa shape index (κ1) is 12.7. The van der Waals surface area contributed by atoms with Crippen molar-refractivity contribution in [3.05, 3.63) is 23.7 Å². The summed E-state index contributed by atoms with van der Waals surface area (Å²) < 4.78 is 5.43. The van der Waals surface area contributed by atoms with Gasteiger partial charge in [0.05, 0.1) is 12.1 Å². The Morgan fingerprint density at radius 1 is 1.42 bits per heavy atom. The van der Waals surface area contributed by atoms with E-state index in [1.807, 2.05) is 12.1 Å². The van der Waals surface area contributed by atoms with Gasteiger partial charge in [0.2, 0.25) is 5.76 Å². The monoisotopic (exact) mass is 260 g/mol. The predicted molar refractivity (Wildman–Crippen MR) is 70.2 cm³/mol. The molecule has 1 aliphatic heterocycles. The van der Waals surface area contributed by atoms with Crippen LogP contribution in [0.2, 0.25) is 0 Å². The van der Waals surface area contributed by atoms with Crippen LogP contribution in [-0.4, -0.2) is 28.7 Å². The standard InChI is InChI=1S/C15H20N2O2/c16-9-13-4-5-14(19-13)11-17-8-7-15(18)6-2-1-3-12(15)10-17/h4-5,12,18H,1-3,6-8,10-11H2. The molecule has 0 amide bonds. The van der Waals surface area contributed by atoms with Crippen LogP contribution in [0.1, 0.15) is 43.6 Å². The number of furan rings is 1. The first-order chi connectivity index (χ1) is 9.19. The van der Waals surface area contributed by atoms with Crippen LogP contribution >= 0.6 is 0 Å². The van der Waals surface area contributed by atoms with Crippen molar-refractivity contribution >= 4 is 0 Å². The van der Waals surface area contributed by atoms with Gasteiger partial charge < -0.3 is 9.52 Å². The molecule has 2 unspecified atom stereocenters. The number of hydrogen-bond acceptors (Lipinski definition) is 4. The molecule has 0 radical (unpaired) electrons. The number of aliphatic hydroxyl groups is 1. The van der Waals surface area contributed by atoms with Crippen LogP contribution in [0.15, 0.2) is 16.5 Å². The molecule has 102 valence electrons. The summed E-state index contributed by atoms with van der Waals surface area (Å²) in [5, 5.41) is 19.4. The fraction of sp³-hybridized carbons (Fsp3) is 0.667. The molecule has 3 rings (SSSR count). The second-order valence-corrected chi connectivity index (χ2v) is 5.91. The van der Waals surface area contributed by atoms with Gasteiger partial charge in [-0.05, 0) is 31.4 Å². The molecule has 2 aliphatic rings. The van der Waals surface area contributed by atoms with Gasteiger partial charge in [0.25, 0.3) is 0 Å². The van der Waals surface area contributed by atoms with Gasteiger partial charge in [0, 0.05) is 19.0 Å². The van der Waals surface area contributed by atoms with Gasteiger partial charge in [0.15, 0.2) is 0 Å². The quantitative estimate of drug-likeness (QED) is 0.886. The minimum absolute atomic E-state index is 0.376. The Kier molecular flexibility index (Phi) is 3.34. The van der Waals surface area contributed by atoms with Gasteiger partial charge in [-0.25, -0.2) is 0 Å². The lowest BCUT2D eigenvalue weighted by molar-refractivity contribution is -0.0975. The van der Waals surface area contributed by atoms with Crippen LogP contribution in [0, 0.1) is 17.2 Å². The Balaban J connectivity index is 1.63. The van der Waals surface area contributed by atoms with Crippen LogP contribution < -0.4 is 0 Å². The van der Waals surface area contributed by atoms with E-state index in [2.05, 4.69) is 4.90 Å². The third-order valence-electron chi connectivity index (χ3n) is 4.66. The van der Waals surface area contributed by atoms with E-state index >= 15 is 0 Å². The van der Waals surface area contributed by atoms with Crippen molar-refractivity contribution in [2.24, 2.45) is 5.92 Å². The third-order valence-corrected chi connectivity index (χ3v) is 4.66. The average molecular weight is 260 g/mol. The SMILES string of the molecule is N#Cc1ccc(CN2CCC3(O)CCCCC3C2)o1. The molecule has 4 nitrogen and oxygen atoms in total. The highest BCUT2D eigenvalue weighted by atomic mass is 16.3. The van der Waals surface area contributed by atoms with Gasteiger partial charge >= 0.3 is 0 Å². The first-order valence-electron chi connectivity index (χ1n) is 7.13. The van der Waals surface area contributed by atoms with Crippen LogP contribution in [0.4, 0.5) is 0 Å². The molecule has 1 saturated carbocycles. The molecule has 0 aromatic carbocycles. The van der Waals surface area contributed by atoms with Crippen molar-refractivity contribution in [2.75, 3.05) is 13.1 Å². The zero-order valence-corrected chi connectivity index (χ0v) is 11.1. The summed E-state index contributed by atoms with van der Waals surface area (Å²) in [4.78, 5) is 2.34. The molecule has 1 aromatic heterocycles. The lowest BCUT2D eigenvalue weighted by Crippen LogP contribution is -2.52. The van der Waals surface area contributed by atoms with E-state index < -0.39 is 5.60 Å². The second-order valence-electron chi connectivity index (χ2n) is 5.91. The van der Waals surface area contributed by atoms with Crippen molar-refractivity contribution < 1.29 is 9.52 Å². The fourth-order valence-corrected chi connectivity index (χ4v) is 3.53. The lowest BCUT2D eigenvalue weighted by atomic mass is 9.71. The molecule has 1 aromatic rings. The van der Waals surface area contributed by atoms with E-state index in [0.29, 0.717) is 11.7 Å². The smallest absolute Gasteiger partial charge is 0.203 e. The van der Waals surface area contributed by atoms with Crippen molar-refractivity contribution in [1.29, 1.82) is 5.26 Å². The van der Waals surface area contributed by atoms with Gasteiger partial charge in [0.1, 0.15) is 11.8 Å². The molecule has 2 fully saturated rings. The largest absolute Gasteiger partial charge is 0.449 e. The van der Waals surface area contributed by atoms with Crippen LogP contribution in [0.5, 0.6) is 0 Å². The van der Waals surface area contributed by atoms with Crippen molar-refractivity contribution in [3.8, 4) is 6.07 Å². The normalized spacial score (nSPS) is 31.7. The Hall–Kier alpha value is -1.31. The number of likely N-dealkylation sites (tertiary alicyclic amines) is 1. The van der Waals surface area contributed by atoms with Crippen LogP contribution in [0.3, 0.4) is 0 Å². The molecular weight excluding hydrogens is 240 g/mol. The minimum atomic E-state index is -0.421. The molecule has 1 aliphatic carbocycles. The molecule has 1 N–H and O–H groups in total. The Morgan fingerprint density at radius 2 is 2.32 bits per heavy atom. The molecule has 19 heavy (non-hydrogen) atoms. The van der Waals surface area contributed by atoms with Gasteiger partial charge in [-0.15, -0.1) is 0 Å². The predicted octanol–water partition coefficient (Wildman–Crippen LogP) is 2.28. The molecular formula is C15H20N2O2. The number of nitriles is 1. The highest BCUT2D eigenvalue weighted by molar-refractivity contribution is 5.19. The zero-order valence-electron chi connectivity index (χ0n) is 11.1. The van der Waals surface area contributed by atoms with Crippen molar-refractivity contribution in [3.63, 3.8) is 0 Å². The molecule has 2 heterocycles. The highest BCUT2D eigenvalue weighted by Crippen LogP contribution is 2.40. The fourth-order valence-electron chi connectivity index (χ4n) is 3.53. The molecule has 2 atom stereocenters. The number of nitrogens with zero attached hydrogens (tertiary/aromatic N) is 2. The Bertz CT molecular complexity index is 491. The van der Waals surface area contributed by atoms with Crippen molar-refractivity contribution in [1.82, 2.24) is 4.90 Å². The summed E-state index contributed by atoms with van der Waals surface area (Å²) in [6.45, 7) is 2.60. The summed E-state index contributed by atoms with van der Waals surface area (Å²) in [7, 11) is 0. The third kappa shape index (κ3) is 2.54. The van der Waals surface area contributed by atoms with Gasteiger partial charge in [-0.2, -0.15) is 5.26 Å². The maximum Gasteiger partial charge on any atom is 0.203 e. The molecule has 0 bridgehead atoms. The zero-order chi connectivity index (χ0) is 13.3. The lowest BCUT2D eigenvalue weighted by Gasteiger charge is -2.47. The van der Waals surface area contributed by atoms with Gasteiger partial charge in [-0.1, -0.05) is 12.8 Å². The maximum atomic E-state index is 10.6.